The van der Waals surface area contributed by atoms with Crippen molar-refractivity contribution in [3.05, 3.63) is 35.4 Å². The molecule has 4 nitrogen and oxygen atoms in total. The summed E-state index contributed by atoms with van der Waals surface area (Å²) in [6.07, 6.45) is 2.05. The summed E-state index contributed by atoms with van der Waals surface area (Å²) in [5, 5.41) is 3.04. The van der Waals surface area contributed by atoms with Crippen LogP contribution in [0.3, 0.4) is 0 Å². The molecule has 0 saturated carbocycles. The van der Waals surface area contributed by atoms with Crippen LogP contribution < -0.4 is 5.32 Å². The number of amides is 1. The van der Waals surface area contributed by atoms with Gasteiger partial charge >= 0.3 is 0 Å². The molecule has 0 aliphatic heterocycles. The number of carbonyl (C=O) groups excluding carboxylic acids is 1. The van der Waals surface area contributed by atoms with Gasteiger partial charge in [0.05, 0.1) is 11.8 Å². The zero-order chi connectivity index (χ0) is 16.5. The summed E-state index contributed by atoms with van der Waals surface area (Å²) in [5.74, 6) is 0.124. The number of hydrogen-bond acceptors (Lipinski definition) is 3. The SMILES string of the molecule is CC(CS(C)(=O)=O)C(=O)N[C@@H]1C[C@H](C(C)C)c2ccccc21. The summed E-state index contributed by atoms with van der Waals surface area (Å²) < 4.78 is 22.7. The maximum atomic E-state index is 12.3. The van der Waals surface area contributed by atoms with E-state index in [1.807, 2.05) is 12.1 Å². The van der Waals surface area contributed by atoms with E-state index in [1.165, 1.54) is 11.1 Å². The van der Waals surface area contributed by atoms with Gasteiger partial charge in [0, 0.05) is 12.2 Å². The number of benzene rings is 1. The smallest absolute Gasteiger partial charge is 0.224 e. The standard InChI is InChI=1S/C17H25NO3S/c1-11(2)15-9-16(14-8-6-5-7-13(14)15)18-17(19)12(3)10-22(4,20)21/h5-8,11-12,15-16H,9-10H2,1-4H3,(H,18,19)/t12?,15-,16-/m1/s1. The zero-order valence-corrected chi connectivity index (χ0v) is 14.5. The minimum Gasteiger partial charge on any atom is -0.349 e. The zero-order valence-electron chi connectivity index (χ0n) is 13.7. The number of fused-ring (bicyclic) bond motifs is 1. The fourth-order valence-corrected chi connectivity index (χ4v) is 4.35. The molecule has 0 fully saturated rings. The summed E-state index contributed by atoms with van der Waals surface area (Å²) in [6, 6.07) is 8.19. The van der Waals surface area contributed by atoms with E-state index in [4.69, 9.17) is 0 Å². The molecule has 1 aromatic rings. The lowest BCUT2D eigenvalue weighted by Gasteiger charge is -2.18. The summed E-state index contributed by atoms with van der Waals surface area (Å²) in [6.45, 7) is 6.05. The van der Waals surface area contributed by atoms with Gasteiger partial charge in [-0.1, -0.05) is 45.0 Å². The van der Waals surface area contributed by atoms with Gasteiger partial charge in [0.15, 0.2) is 0 Å². The maximum absolute atomic E-state index is 12.3. The van der Waals surface area contributed by atoms with Crippen LogP contribution in [-0.2, 0) is 14.6 Å². The Morgan fingerprint density at radius 1 is 1.23 bits per heavy atom. The molecule has 0 aromatic heterocycles. The van der Waals surface area contributed by atoms with E-state index in [1.54, 1.807) is 6.92 Å². The molecule has 0 saturated heterocycles. The van der Waals surface area contributed by atoms with Gasteiger partial charge in [-0.15, -0.1) is 0 Å². The summed E-state index contributed by atoms with van der Waals surface area (Å²) in [5.41, 5.74) is 2.47. The van der Waals surface area contributed by atoms with Crippen LogP contribution >= 0.6 is 0 Å². The van der Waals surface area contributed by atoms with Gasteiger partial charge in [-0.3, -0.25) is 4.79 Å². The third-order valence-electron chi connectivity index (χ3n) is 4.38. The molecule has 0 radical (unpaired) electrons. The van der Waals surface area contributed by atoms with Crippen LogP contribution in [0.25, 0.3) is 0 Å². The van der Waals surface area contributed by atoms with Gasteiger partial charge in [0.25, 0.3) is 0 Å². The largest absolute Gasteiger partial charge is 0.349 e. The molecule has 1 aliphatic carbocycles. The number of carbonyl (C=O) groups is 1. The average molecular weight is 323 g/mol. The second kappa shape index (κ2) is 6.41. The predicted molar refractivity (Wildman–Crippen MR) is 88.4 cm³/mol. The molecule has 0 heterocycles. The minimum absolute atomic E-state index is 0.0156. The molecule has 2 rings (SSSR count). The van der Waals surface area contributed by atoms with Crippen LogP contribution in [0, 0.1) is 11.8 Å². The van der Waals surface area contributed by atoms with Crippen molar-refractivity contribution in [1.82, 2.24) is 5.32 Å². The lowest BCUT2D eigenvalue weighted by molar-refractivity contribution is -0.124. The van der Waals surface area contributed by atoms with Gasteiger partial charge in [0.1, 0.15) is 9.84 Å². The topological polar surface area (TPSA) is 63.2 Å². The van der Waals surface area contributed by atoms with Crippen molar-refractivity contribution in [2.24, 2.45) is 11.8 Å². The lowest BCUT2D eigenvalue weighted by Crippen LogP contribution is -2.35. The first-order chi connectivity index (χ1) is 10.2. The van der Waals surface area contributed by atoms with E-state index >= 15 is 0 Å². The molecule has 22 heavy (non-hydrogen) atoms. The Morgan fingerprint density at radius 2 is 1.82 bits per heavy atom. The van der Waals surface area contributed by atoms with Crippen molar-refractivity contribution >= 4 is 15.7 Å². The molecule has 0 bridgehead atoms. The monoisotopic (exact) mass is 323 g/mol. The fraction of sp³-hybridized carbons (Fsp3) is 0.588. The Labute approximate surface area is 133 Å². The van der Waals surface area contributed by atoms with E-state index in [-0.39, 0.29) is 17.7 Å². The highest BCUT2D eigenvalue weighted by Gasteiger charge is 2.34. The van der Waals surface area contributed by atoms with E-state index < -0.39 is 15.8 Å². The van der Waals surface area contributed by atoms with Crippen LogP contribution in [0.2, 0.25) is 0 Å². The molecule has 1 aromatic carbocycles. The molecule has 5 heteroatoms. The summed E-state index contributed by atoms with van der Waals surface area (Å²) in [4.78, 5) is 12.3. The Hall–Kier alpha value is -1.36. The van der Waals surface area contributed by atoms with Crippen LogP contribution in [0.5, 0.6) is 0 Å². The average Bonchev–Trinajstić information content (AvgIpc) is 2.76. The molecule has 122 valence electrons. The number of sulfone groups is 1. The lowest BCUT2D eigenvalue weighted by atomic mass is 9.90. The Bertz CT molecular complexity index is 652. The number of hydrogen-bond donors (Lipinski definition) is 1. The van der Waals surface area contributed by atoms with Crippen LogP contribution in [0.4, 0.5) is 0 Å². The van der Waals surface area contributed by atoms with Crippen molar-refractivity contribution in [1.29, 1.82) is 0 Å². The van der Waals surface area contributed by atoms with Crippen molar-refractivity contribution < 1.29 is 13.2 Å². The highest BCUT2D eigenvalue weighted by molar-refractivity contribution is 7.90. The Kier molecular flexibility index (Phi) is 4.95. The van der Waals surface area contributed by atoms with Gasteiger partial charge in [-0.2, -0.15) is 0 Å². The number of nitrogens with one attached hydrogen (secondary N) is 1. The van der Waals surface area contributed by atoms with E-state index in [9.17, 15) is 13.2 Å². The summed E-state index contributed by atoms with van der Waals surface area (Å²) in [7, 11) is -3.15. The molecule has 1 N–H and O–H groups in total. The van der Waals surface area contributed by atoms with E-state index in [2.05, 4.69) is 31.3 Å². The van der Waals surface area contributed by atoms with Crippen molar-refractivity contribution in [3.63, 3.8) is 0 Å². The number of rotatable bonds is 5. The third kappa shape index (κ3) is 3.88. The molecular formula is C17H25NO3S. The van der Waals surface area contributed by atoms with Crippen LogP contribution in [0.15, 0.2) is 24.3 Å². The molecular weight excluding hydrogens is 298 g/mol. The Balaban J connectivity index is 2.13. The molecule has 0 spiro atoms. The van der Waals surface area contributed by atoms with Gasteiger partial charge in [0.2, 0.25) is 5.91 Å². The van der Waals surface area contributed by atoms with E-state index in [0.29, 0.717) is 11.8 Å². The van der Waals surface area contributed by atoms with Gasteiger partial charge < -0.3 is 5.32 Å². The van der Waals surface area contributed by atoms with E-state index in [0.717, 1.165) is 12.7 Å². The van der Waals surface area contributed by atoms with Crippen molar-refractivity contribution in [2.45, 2.75) is 39.2 Å². The summed E-state index contributed by atoms with van der Waals surface area (Å²) >= 11 is 0. The highest BCUT2D eigenvalue weighted by Crippen LogP contribution is 2.44. The Morgan fingerprint density at radius 3 is 2.36 bits per heavy atom. The first-order valence-electron chi connectivity index (χ1n) is 7.76. The van der Waals surface area contributed by atoms with Crippen molar-refractivity contribution in [3.8, 4) is 0 Å². The van der Waals surface area contributed by atoms with Gasteiger partial charge in [-0.25, -0.2) is 8.42 Å². The third-order valence-corrected chi connectivity index (χ3v) is 5.49. The van der Waals surface area contributed by atoms with Gasteiger partial charge in [-0.05, 0) is 29.4 Å². The molecule has 3 atom stereocenters. The molecule has 1 unspecified atom stereocenters. The minimum atomic E-state index is -3.15. The quantitative estimate of drug-likeness (QED) is 0.906. The second-order valence-electron chi connectivity index (χ2n) is 6.77. The van der Waals surface area contributed by atoms with Crippen molar-refractivity contribution in [2.75, 3.05) is 12.0 Å². The molecule has 1 aliphatic rings. The highest BCUT2D eigenvalue weighted by atomic mass is 32.2. The normalized spacial score (nSPS) is 22.4. The predicted octanol–water partition coefficient (Wildman–Crippen LogP) is 2.67. The first kappa shape index (κ1) is 17.0. The molecule has 1 amide bonds. The second-order valence-corrected chi connectivity index (χ2v) is 8.95. The fourth-order valence-electron chi connectivity index (χ4n) is 3.29. The maximum Gasteiger partial charge on any atom is 0.224 e. The van der Waals surface area contributed by atoms with Crippen LogP contribution in [0.1, 0.15) is 50.3 Å². The first-order valence-corrected chi connectivity index (χ1v) is 9.82. The van der Waals surface area contributed by atoms with Crippen LogP contribution in [-0.4, -0.2) is 26.3 Å².